The molecule has 0 unspecified atom stereocenters. The van der Waals surface area contributed by atoms with Crippen molar-refractivity contribution in [1.82, 2.24) is 0 Å². The molecule has 0 aliphatic carbocycles. The SMILES string of the molecule is O=C(O)CCCCCCCCCCCCCCCCCCCCCCCCCCCCC(=O)Nc1ccccc1. The fraction of sp³-hybridized carbons (Fsp3) is 0.778. The molecule has 40 heavy (non-hydrogen) atoms. The van der Waals surface area contributed by atoms with Crippen molar-refractivity contribution in [2.45, 2.75) is 180 Å². The van der Waals surface area contributed by atoms with E-state index in [1.54, 1.807) is 0 Å². The molecule has 0 heterocycles. The van der Waals surface area contributed by atoms with Crippen LogP contribution in [-0.2, 0) is 9.59 Å². The van der Waals surface area contributed by atoms with Crippen molar-refractivity contribution in [3.05, 3.63) is 30.3 Å². The van der Waals surface area contributed by atoms with Gasteiger partial charge in [-0.2, -0.15) is 0 Å². The van der Waals surface area contributed by atoms with Crippen LogP contribution in [0.2, 0.25) is 0 Å². The van der Waals surface area contributed by atoms with E-state index in [9.17, 15) is 9.59 Å². The average molecular weight is 558 g/mol. The van der Waals surface area contributed by atoms with E-state index in [2.05, 4.69) is 5.32 Å². The molecule has 0 spiro atoms. The number of carbonyl (C=O) groups is 2. The van der Waals surface area contributed by atoms with E-state index in [4.69, 9.17) is 5.11 Å². The number of anilines is 1. The maximum atomic E-state index is 11.9. The molecule has 4 heteroatoms. The van der Waals surface area contributed by atoms with Gasteiger partial charge in [0.2, 0.25) is 5.91 Å². The van der Waals surface area contributed by atoms with Crippen LogP contribution in [0.3, 0.4) is 0 Å². The van der Waals surface area contributed by atoms with E-state index in [0.29, 0.717) is 12.8 Å². The van der Waals surface area contributed by atoms with Gasteiger partial charge >= 0.3 is 5.97 Å². The van der Waals surface area contributed by atoms with Gasteiger partial charge in [-0.1, -0.05) is 172 Å². The predicted octanol–water partition coefficient (Wildman–Crippen LogP) is 11.6. The van der Waals surface area contributed by atoms with Crippen molar-refractivity contribution >= 4 is 17.6 Å². The average Bonchev–Trinajstić information content (AvgIpc) is 2.95. The number of amides is 1. The van der Waals surface area contributed by atoms with E-state index in [0.717, 1.165) is 24.9 Å². The summed E-state index contributed by atoms with van der Waals surface area (Å²) in [7, 11) is 0. The number of benzene rings is 1. The lowest BCUT2D eigenvalue weighted by Crippen LogP contribution is -2.10. The summed E-state index contributed by atoms with van der Waals surface area (Å²) >= 11 is 0. The maximum Gasteiger partial charge on any atom is 0.303 e. The molecule has 1 rings (SSSR count). The summed E-state index contributed by atoms with van der Waals surface area (Å²) in [6.07, 6.45) is 35.4. The van der Waals surface area contributed by atoms with Gasteiger partial charge in [0.25, 0.3) is 0 Å². The highest BCUT2D eigenvalue weighted by Crippen LogP contribution is 2.16. The second-order valence-electron chi connectivity index (χ2n) is 12.0. The minimum Gasteiger partial charge on any atom is -0.481 e. The lowest BCUT2D eigenvalue weighted by molar-refractivity contribution is -0.137. The van der Waals surface area contributed by atoms with Crippen LogP contribution < -0.4 is 5.32 Å². The monoisotopic (exact) mass is 557 g/mol. The zero-order chi connectivity index (χ0) is 28.8. The van der Waals surface area contributed by atoms with Gasteiger partial charge in [0, 0.05) is 18.5 Å². The summed E-state index contributed by atoms with van der Waals surface area (Å²) in [5.74, 6) is -0.517. The van der Waals surface area contributed by atoms with E-state index in [1.807, 2.05) is 30.3 Å². The van der Waals surface area contributed by atoms with Crippen molar-refractivity contribution in [2.24, 2.45) is 0 Å². The number of carbonyl (C=O) groups excluding carboxylic acids is 1. The summed E-state index contributed by atoms with van der Waals surface area (Å²) < 4.78 is 0. The Bertz CT molecular complexity index is 691. The number of nitrogens with one attached hydrogen (secondary N) is 1. The number of unbranched alkanes of at least 4 members (excludes halogenated alkanes) is 25. The third-order valence-electron chi connectivity index (χ3n) is 8.10. The van der Waals surface area contributed by atoms with Crippen molar-refractivity contribution < 1.29 is 14.7 Å². The largest absolute Gasteiger partial charge is 0.481 e. The third-order valence-corrected chi connectivity index (χ3v) is 8.10. The molecule has 4 nitrogen and oxygen atoms in total. The molecule has 0 aromatic heterocycles. The Hall–Kier alpha value is -1.84. The van der Waals surface area contributed by atoms with Gasteiger partial charge in [-0.3, -0.25) is 9.59 Å². The number of hydrogen-bond acceptors (Lipinski definition) is 2. The molecule has 230 valence electrons. The van der Waals surface area contributed by atoms with Crippen LogP contribution in [0.1, 0.15) is 180 Å². The molecule has 0 radical (unpaired) electrons. The number of aliphatic carboxylic acids is 1. The third kappa shape index (κ3) is 26.4. The van der Waals surface area contributed by atoms with Gasteiger partial charge in [0.05, 0.1) is 0 Å². The highest BCUT2D eigenvalue weighted by Gasteiger charge is 2.02. The van der Waals surface area contributed by atoms with Crippen molar-refractivity contribution in [3.8, 4) is 0 Å². The molecule has 0 saturated carbocycles. The van der Waals surface area contributed by atoms with Crippen molar-refractivity contribution in [2.75, 3.05) is 5.32 Å². The Balaban J connectivity index is 1.66. The van der Waals surface area contributed by atoms with Crippen LogP contribution in [0.25, 0.3) is 0 Å². The molecule has 1 aromatic carbocycles. The summed E-state index contributed by atoms with van der Waals surface area (Å²) in [6.45, 7) is 0. The molecule has 0 atom stereocenters. The van der Waals surface area contributed by atoms with Gasteiger partial charge in [-0.25, -0.2) is 0 Å². The van der Waals surface area contributed by atoms with Crippen LogP contribution in [-0.4, -0.2) is 17.0 Å². The smallest absolute Gasteiger partial charge is 0.303 e. The fourth-order valence-corrected chi connectivity index (χ4v) is 5.55. The fourth-order valence-electron chi connectivity index (χ4n) is 5.55. The Labute approximate surface area is 247 Å². The zero-order valence-electron chi connectivity index (χ0n) is 25.9. The molecular formula is C36H63NO3. The highest BCUT2D eigenvalue weighted by molar-refractivity contribution is 5.90. The summed E-state index contributed by atoms with van der Waals surface area (Å²) in [4.78, 5) is 22.4. The summed E-state index contributed by atoms with van der Waals surface area (Å²) in [6, 6.07) is 9.73. The van der Waals surface area contributed by atoms with Gasteiger partial charge in [-0.05, 0) is 25.0 Å². The lowest BCUT2D eigenvalue weighted by Gasteiger charge is -2.05. The molecule has 0 bridgehead atoms. The number of carboxylic acids is 1. The summed E-state index contributed by atoms with van der Waals surface area (Å²) in [5, 5.41) is 11.6. The second kappa shape index (κ2) is 28.7. The first-order chi connectivity index (χ1) is 19.7. The van der Waals surface area contributed by atoms with Gasteiger partial charge in [0.1, 0.15) is 0 Å². The van der Waals surface area contributed by atoms with Crippen LogP contribution in [0.15, 0.2) is 30.3 Å². The first-order valence-electron chi connectivity index (χ1n) is 17.2. The van der Waals surface area contributed by atoms with Gasteiger partial charge < -0.3 is 10.4 Å². The molecule has 0 aliphatic rings. The van der Waals surface area contributed by atoms with E-state index in [-0.39, 0.29) is 5.91 Å². The highest BCUT2D eigenvalue weighted by atomic mass is 16.4. The molecule has 0 fully saturated rings. The summed E-state index contributed by atoms with van der Waals surface area (Å²) in [5.41, 5.74) is 0.897. The van der Waals surface area contributed by atoms with Gasteiger partial charge in [0.15, 0.2) is 0 Å². The maximum absolute atomic E-state index is 11.9. The number of hydrogen-bond donors (Lipinski definition) is 2. The van der Waals surface area contributed by atoms with Crippen LogP contribution >= 0.6 is 0 Å². The Morgan fingerprint density at radius 2 is 0.700 bits per heavy atom. The van der Waals surface area contributed by atoms with E-state index in [1.165, 1.54) is 148 Å². The minimum absolute atomic E-state index is 0.139. The minimum atomic E-state index is -0.656. The molecule has 1 amide bonds. The number of para-hydroxylation sites is 1. The quantitative estimate of drug-likeness (QED) is 0.0924. The van der Waals surface area contributed by atoms with Crippen LogP contribution in [0.4, 0.5) is 5.69 Å². The molecular weight excluding hydrogens is 494 g/mol. The second-order valence-corrected chi connectivity index (χ2v) is 12.0. The van der Waals surface area contributed by atoms with Crippen LogP contribution in [0, 0.1) is 0 Å². The molecule has 2 N–H and O–H groups in total. The first-order valence-corrected chi connectivity index (χ1v) is 17.2. The zero-order valence-corrected chi connectivity index (χ0v) is 25.9. The van der Waals surface area contributed by atoms with Crippen molar-refractivity contribution in [3.63, 3.8) is 0 Å². The standard InChI is InChI=1S/C36H63NO3/c38-35(37-34-30-26-25-27-31-34)32-28-23-21-19-17-15-13-11-9-7-5-3-1-2-4-6-8-10-12-14-16-18-20-22-24-29-33-36(39)40/h25-27,30-31H,1-24,28-29,32-33H2,(H,37,38)(H,39,40). The first kappa shape index (κ1) is 36.2. The van der Waals surface area contributed by atoms with E-state index < -0.39 is 5.97 Å². The lowest BCUT2D eigenvalue weighted by atomic mass is 10.0. The van der Waals surface area contributed by atoms with E-state index >= 15 is 0 Å². The molecule has 0 aliphatic heterocycles. The number of rotatable bonds is 30. The predicted molar refractivity (Wildman–Crippen MR) is 172 cm³/mol. The Morgan fingerprint density at radius 1 is 0.425 bits per heavy atom. The molecule has 0 saturated heterocycles. The van der Waals surface area contributed by atoms with Gasteiger partial charge in [-0.15, -0.1) is 0 Å². The number of carboxylic acid groups (broad SMARTS) is 1. The molecule has 1 aromatic rings. The Kier molecular flexibility index (Phi) is 25.9. The Morgan fingerprint density at radius 3 is 1.00 bits per heavy atom. The normalized spacial score (nSPS) is 11.1. The topological polar surface area (TPSA) is 66.4 Å². The van der Waals surface area contributed by atoms with Crippen LogP contribution in [0.5, 0.6) is 0 Å². The van der Waals surface area contributed by atoms with Crippen molar-refractivity contribution in [1.29, 1.82) is 0 Å².